The molecule has 0 radical (unpaired) electrons. The van der Waals surface area contributed by atoms with Gasteiger partial charge in [-0.05, 0) is 12.1 Å². The molecule has 110 valence electrons. The number of hydrogen-bond donors (Lipinski definition) is 2. The van der Waals surface area contributed by atoms with Gasteiger partial charge in [0.1, 0.15) is 22.3 Å². The van der Waals surface area contributed by atoms with E-state index in [4.69, 9.17) is 18.0 Å². The topological polar surface area (TPSA) is 41.3 Å². The van der Waals surface area contributed by atoms with Gasteiger partial charge < -0.3 is 11.1 Å². The summed E-state index contributed by atoms with van der Waals surface area (Å²) in [6, 6.07) is 2.32. The number of nitrogens with zero attached hydrogens (tertiary/aromatic N) is 1. The first-order valence-corrected chi connectivity index (χ1v) is 7.97. The summed E-state index contributed by atoms with van der Waals surface area (Å²) in [5.41, 5.74) is 5.46. The van der Waals surface area contributed by atoms with Crippen molar-refractivity contribution in [1.82, 2.24) is 4.90 Å². The smallest absolute Gasteiger partial charge is 0.150 e. The SMILES string of the molecule is NC(=S)c1cc(F)c(NCCN2CCSCC2)c(F)c1. The fraction of sp³-hybridized carbons (Fsp3) is 0.462. The molecule has 20 heavy (non-hydrogen) atoms. The normalized spacial score (nSPS) is 16.1. The van der Waals surface area contributed by atoms with Gasteiger partial charge in [0, 0.05) is 43.2 Å². The number of anilines is 1. The Bertz CT molecular complexity index is 467. The number of nitrogens with two attached hydrogens (primary N) is 1. The van der Waals surface area contributed by atoms with Gasteiger partial charge in [0.2, 0.25) is 0 Å². The fourth-order valence-electron chi connectivity index (χ4n) is 2.05. The van der Waals surface area contributed by atoms with Gasteiger partial charge in [-0.25, -0.2) is 8.78 Å². The lowest BCUT2D eigenvalue weighted by Crippen LogP contribution is -2.36. The highest BCUT2D eigenvalue weighted by Crippen LogP contribution is 2.20. The molecule has 2 rings (SSSR count). The Balaban J connectivity index is 1.93. The average molecular weight is 317 g/mol. The molecule has 0 bridgehead atoms. The van der Waals surface area contributed by atoms with Crippen molar-refractivity contribution in [2.75, 3.05) is 43.0 Å². The quantitative estimate of drug-likeness (QED) is 0.814. The predicted molar refractivity (Wildman–Crippen MR) is 84.5 cm³/mol. The number of nitrogens with one attached hydrogen (secondary N) is 1. The standard InChI is InChI=1S/C13H17F2N3S2/c14-10-7-9(13(16)19)8-11(15)12(10)17-1-2-18-3-5-20-6-4-18/h7-8,17H,1-6H2,(H2,16,19). The lowest BCUT2D eigenvalue weighted by Gasteiger charge is -2.26. The van der Waals surface area contributed by atoms with E-state index in [1.54, 1.807) is 0 Å². The van der Waals surface area contributed by atoms with E-state index >= 15 is 0 Å². The van der Waals surface area contributed by atoms with Crippen LogP contribution >= 0.6 is 24.0 Å². The van der Waals surface area contributed by atoms with Gasteiger partial charge in [-0.3, -0.25) is 4.90 Å². The molecule has 0 unspecified atom stereocenters. The Morgan fingerprint density at radius 2 is 1.90 bits per heavy atom. The molecule has 1 aliphatic heterocycles. The maximum Gasteiger partial charge on any atom is 0.150 e. The van der Waals surface area contributed by atoms with E-state index in [-0.39, 0.29) is 16.2 Å². The highest BCUT2D eigenvalue weighted by molar-refractivity contribution is 7.99. The van der Waals surface area contributed by atoms with Crippen LogP contribution in [0.1, 0.15) is 5.56 Å². The second-order valence-electron chi connectivity index (χ2n) is 4.56. The summed E-state index contributed by atoms with van der Waals surface area (Å²) in [6.07, 6.45) is 0. The molecule has 1 saturated heterocycles. The largest absolute Gasteiger partial charge is 0.389 e. The Kier molecular flexibility index (Phi) is 5.56. The molecule has 0 aliphatic carbocycles. The molecule has 1 aromatic rings. The van der Waals surface area contributed by atoms with Crippen molar-refractivity contribution in [1.29, 1.82) is 0 Å². The summed E-state index contributed by atoms with van der Waals surface area (Å²) in [4.78, 5) is 2.27. The molecule has 0 amide bonds. The lowest BCUT2D eigenvalue weighted by molar-refractivity contribution is 0.314. The molecular formula is C13H17F2N3S2. The molecule has 3 N–H and O–H groups in total. The fourth-order valence-corrected chi connectivity index (χ4v) is 3.14. The lowest BCUT2D eigenvalue weighted by atomic mass is 10.2. The van der Waals surface area contributed by atoms with Gasteiger partial charge in [-0.2, -0.15) is 11.8 Å². The second kappa shape index (κ2) is 7.19. The van der Waals surface area contributed by atoms with Crippen LogP contribution in [0.5, 0.6) is 0 Å². The van der Waals surface area contributed by atoms with Crippen molar-refractivity contribution in [3.8, 4) is 0 Å². The molecule has 1 heterocycles. The van der Waals surface area contributed by atoms with Crippen LogP contribution in [-0.4, -0.2) is 47.6 Å². The number of halogens is 2. The van der Waals surface area contributed by atoms with E-state index in [1.807, 2.05) is 11.8 Å². The van der Waals surface area contributed by atoms with E-state index in [0.717, 1.165) is 43.3 Å². The minimum absolute atomic E-state index is 0.0137. The third kappa shape index (κ3) is 4.04. The monoisotopic (exact) mass is 317 g/mol. The van der Waals surface area contributed by atoms with Gasteiger partial charge in [0.15, 0.2) is 0 Å². The van der Waals surface area contributed by atoms with Crippen LogP contribution in [0.25, 0.3) is 0 Å². The molecule has 1 aliphatic rings. The average Bonchev–Trinajstić information content (AvgIpc) is 2.42. The summed E-state index contributed by atoms with van der Waals surface area (Å²) in [6.45, 7) is 3.33. The van der Waals surface area contributed by atoms with Gasteiger partial charge in [0.05, 0.1) is 0 Å². The Morgan fingerprint density at radius 1 is 1.30 bits per heavy atom. The molecular weight excluding hydrogens is 300 g/mol. The number of benzene rings is 1. The number of rotatable bonds is 5. The molecule has 0 spiro atoms. The second-order valence-corrected chi connectivity index (χ2v) is 6.22. The van der Waals surface area contributed by atoms with Crippen molar-refractivity contribution in [2.45, 2.75) is 0 Å². The van der Waals surface area contributed by atoms with Gasteiger partial charge in [0.25, 0.3) is 0 Å². The van der Waals surface area contributed by atoms with Crippen LogP contribution in [0.2, 0.25) is 0 Å². The maximum atomic E-state index is 13.8. The van der Waals surface area contributed by atoms with Crippen molar-refractivity contribution >= 4 is 34.7 Å². The predicted octanol–water partition coefficient (Wildman–Crippen LogP) is 2.06. The minimum Gasteiger partial charge on any atom is -0.389 e. The minimum atomic E-state index is -0.665. The molecule has 0 saturated carbocycles. The Hall–Kier alpha value is -0.920. The summed E-state index contributed by atoms with van der Waals surface area (Å²) in [7, 11) is 0. The Morgan fingerprint density at radius 3 is 2.45 bits per heavy atom. The van der Waals surface area contributed by atoms with Crippen LogP contribution in [0.3, 0.4) is 0 Å². The van der Waals surface area contributed by atoms with E-state index in [1.165, 1.54) is 0 Å². The zero-order valence-corrected chi connectivity index (χ0v) is 12.6. The molecule has 0 aromatic heterocycles. The number of thioether (sulfide) groups is 1. The maximum absolute atomic E-state index is 13.8. The number of thiocarbonyl (C=S) groups is 1. The highest BCUT2D eigenvalue weighted by atomic mass is 32.2. The van der Waals surface area contributed by atoms with E-state index < -0.39 is 11.6 Å². The van der Waals surface area contributed by atoms with Crippen molar-refractivity contribution in [3.05, 3.63) is 29.3 Å². The molecule has 0 atom stereocenters. The molecule has 7 heteroatoms. The van der Waals surface area contributed by atoms with Crippen LogP contribution in [0.4, 0.5) is 14.5 Å². The van der Waals surface area contributed by atoms with Crippen LogP contribution < -0.4 is 11.1 Å². The third-order valence-electron chi connectivity index (χ3n) is 3.16. The molecule has 3 nitrogen and oxygen atoms in total. The van der Waals surface area contributed by atoms with E-state index in [0.29, 0.717) is 6.54 Å². The van der Waals surface area contributed by atoms with Gasteiger partial charge in [-0.15, -0.1) is 0 Å². The van der Waals surface area contributed by atoms with Crippen LogP contribution in [-0.2, 0) is 0 Å². The van der Waals surface area contributed by atoms with E-state index in [2.05, 4.69) is 10.2 Å². The zero-order chi connectivity index (χ0) is 14.5. The third-order valence-corrected chi connectivity index (χ3v) is 4.34. The first-order chi connectivity index (χ1) is 9.58. The van der Waals surface area contributed by atoms with Crippen LogP contribution in [0, 0.1) is 11.6 Å². The van der Waals surface area contributed by atoms with Crippen LogP contribution in [0.15, 0.2) is 12.1 Å². The highest BCUT2D eigenvalue weighted by Gasteiger charge is 2.13. The van der Waals surface area contributed by atoms with Crippen molar-refractivity contribution < 1.29 is 8.78 Å². The summed E-state index contributed by atoms with van der Waals surface area (Å²) >= 11 is 6.64. The first kappa shape index (κ1) is 15.5. The number of hydrogen-bond acceptors (Lipinski definition) is 4. The van der Waals surface area contributed by atoms with Crippen molar-refractivity contribution in [3.63, 3.8) is 0 Å². The first-order valence-electron chi connectivity index (χ1n) is 6.41. The molecule has 1 aromatic carbocycles. The van der Waals surface area contributed by atoms with Gasteiger partial charge in [-0.1, -0.05) is 12.2 Å². The summed E-state index contributed by atoms with van der Waals surface area (Å²) in [5.74, 6) is 0.903. The summed E-state index contributed by atoms with van der Waals surface area (Å²) in [5, 5.41) is 2.81. The molecule has 1 fully saturated rings. The Labute approximate surface area is 126 Å². The summed E-state index contributed by atoms with van der Waals surface area (Å²) < 4.78 is 27.6. The zero-order valence-electron chi connectivity index (χ0n) is 11.0. The van der Waals surface area contributed by atoms with E-state index in [9.17, 15) is 8.78 Å². The van der Waals surface area contributed by atoms with Gasteiger partial charge >= 0.3 is 0 Å². The van der Waals surface area contributed by atoms with Crippen molar-refractivity contribution in [2.24, 2.45) is 5.73 Å².